The summed E-state index contributed by atoms with van der Waals surface area (Å²) in [6.07, 6.45) is -0.317. The monoisotopic (exact) mass is 487 g/mol. The number of benzene rings is 3. The third-order valence-corrected chi connectivity index (χ3v) is 6.20. The van der Waals surface area contributed by atoms with Gasteiger partial charge in [0.15, 0.2) is 9.84 Å². The van der Waals surface area contributed by atoms with Gasteiger partial charge in [0, 0.05) is 11.8 Å². The number of amides is 1. The second-order valence-electron chi connectivity index (χ2n) is 7.30. The van der Waals surface area contributed by atoms with Crippen molar-refractivity contribution in [2.45, 2.75) is 17.9 Å². The van der Waals surface area contributed by atoms with Gasteiger partial charge >= 0.3 is 5.97 Å². The van der Waals surface area contributed by atoms with Gasteiger partial charge in [0.2, 0.25) is 6.10 Å². The molecule has 172 valence electrons. The van der Waals surface area contributed by atoms with Crippen LogP contribution in [0.5, 0.6) is 5.75 Å². The Labute approximate surface area is 197 Å². The molecule has 1 N–H and O–H groups in total. The first-order valence-corrected chi connectivity index (χ1v) is 12.1. The highest BCUT2D eigenvalue weighted by Crippen LogP contribution is 2.29. The van der Waals surface area contributed by atoms with Crippen LogP contribution in [-0.2, 0) is 19.4 Å². The first-order chi connectivity index (χ1) is 15.6. The SMILES string of the molecule is COc1ccc(C)cc1NC(=O)[C@@H](OC(=O)c1cc(S(C)(=O)=O)ccc1Cl)c1ccccc1. The van der Waals surface area contributed by atoms with E-state index in [1.807, 2.05) is 13.0 Å². The van der Waals surface area contributed by atoms with E-state index in [1.165, 1.54) is 19.2 Å². The summed E-state index contributed by atoms with van der Waals surface area (Å²) in [6.45, 7) is 1.86. The molecule has 0 unspecified atom stereocenters. The quantitative estimate of drug-likeness (QED) is 0.489. The molecule has 0 aliphatic rings. The summed E-state index contributed by atoms with van der Waals surface area (Å²) in [6, 6.07) is 17.4. The maximum Gasteiger partial charge on any atom is 0.340 e. The minimum absolute atomic E-state index is 0.0000248. The van der Waals surface area contributed by atoms with E-state index in [-0.39, 0.29) is 15.5 Å². The van der Waals surface area contributed by atoms with Gasteiger partial charge in [-0.3, -0.25) is 4.79 Å². The van der Waals surface area contributed by atoms with Crippen LogP contribution in [0.1, 0.15) is 27.6 Å². The highest BCUT2D eigenvalue weighted by Gasteiger charge is 2.28. The molecular weight excluding hydrogens is 466 g/mol. The molecule has 0 aromatic heterocycles. The molecular formula is C24H22ClNO6S. The van der Waals surface area contributed by atoms with E-state index >= 15 is 0 Å². The summed E-state index contributed by atoms with van der Waals surface area (Å²) < 4.78 is 34.6. The van der Waals surface area contributed by atoms with Crippen molar-refractivity contribution in [1.82, 2.24) is 0 Å². The number of hydrogen-bond acceptors (Lipinski definition) is 6. The van der Waals surface area contributed by atoms with Gasteiger partial charge in [0.25, 0.3) is 5.91 Å². The fraction of sp³-hybridized carbons (Fsp3) is 0.167. The zero-order valence-corrected chi connectivity index (χ0v) is 19.7. The maximum atomic E-state index is 13.2. The summed E-state index contributed by atoms with van der Waals surface area (Å²) in [5.74, 6) is -1.12. The first-order valence-electron chi connectivity index (χ1n) is 9.81. The van der Waals surface area contributed by atoms with Crippen LogP contribution >= 0.6 is 11.6 Å². The van der Waals surface area contributed by atoms with E-state index in [0.717, 1.165) is 17.9 Å². The highest BCUT2D eigenvalue weighted by atomic mass is 35.5. The van der Waals surface area contributed by atoms with E-state index in [1.54, 1.807) is 42.5 Å². The van der Waals surface area contributed by atoms with Gasteiger partial charge in [-0.2, -0.15) is 0 Å². The number of carbonyl (C=O) groups excluding carboxylic acids is 2. The Morgan fingerprint density at radius 2 is 1.70 bits per heavy atom. The molecule has 0 radical (unpaired) electrons. The lowest BCUT2D eigenvalue weighted by atomic mass is 10.1. The Kier molecular flexibility index (Phi) is 7.40. The summed E-state index contributed by atoms with van der Waals surface area (Å²) in [5, 5.41) is 2.74. The Morgan fingerprint density at radius 3 is 2.33 bits per heavy atom. The van der Waals surface area contributed by atoms with Gasteiger partial charge in [-0.05, 0) is 42.8 Å². The first kappa shape index (κ1) is 24.3. The molecule has 9 heteroatoms. The molecule has 0 aliphatic heterocycles. The lowest BCUT2D eigenvalue weighted by Gasteiger charge is -2.19. The largest absolute Gasteiger partial charge is 0.495 e. The van der Waals surface area contributed by atoms with Crippen molar-refractivity contribution in [2.75, 3.05) is 18.7 Å². The lowest BCUT2D eigenvalue weighted by molar-refractivity contribution is -0.125. The summed E-state index contributed by atoms with van der Waals surface area (Å²) in [4.78, 5) is 26.1. The molecule has 7 nitrogen and oxygen atoms in total. The van der Waals surface area contributed by atoms with Crippen molar-refractivity contribution in [3.05, 3.63) is 88.4 Å². The van der Waals surface area contributed by atoms with E-state index in [9.17, 15) is 18.0 Å². The summed E-state index contributed by atoms with van der Waals surface area (Å²) >= 11 is 6.12. The van der Waals surface area contributed by atoms with Crippen molar-refractivity contribution in [3.63, 3.8) is 0 Å². The van der Waals surface area contributed by atoms with Crippen LogP contribution < -0.4 is 10.1 Å². The van der Waals surface area contributed by atoms with E-state index in [0.29, 0.717) is 17.0 Å². The van der Waals surface area contributed by atoms with Gasteiger partial charge in [0.05, 0.1) is 28.3 Å². The van der Waals surface area contributed by atoms with Crippen molar-refractivity contribution in [3.8, 4) is 5.75 Å². The zero-order valence-electron chi connectivity index (χ0n) is 18.2. The van der Waals surface area contributed by atoms with E-state index in [4.69, 9.17) is 21.1 Å². The van der Waals surface area contributed by atoms with Crippen LogP contribution in [0, 0.1) is 6.92 Å². The number of anilines is 1. The van der Waals surface area contributed by atoms with Crippen LogP contribution in [-0.4, -0.2) is 33.7 Å². The van der Waals surface area contributed by atoms with Crippen molar-refractivity contribution in [2.24, 2.45) is 0 Å². The van der Waals surface area contributed by atoms with E-state index < -0.39 is 27.8 Å². The number of ether oxygens (including phenoxy) is 2. The van der Waals surface area contributed by atoms with Gasteiger partial charge in [-0.15, -0.1) is 0 Å². The molecule has 0 bridgehead atoms. The highest BCUT2D eigenvalue weighted by molar-refractivity contribution is 7.90. The van der Waals surface area contributed by atoms with Gasteiger partial charge in [0.1, 0.15) is 5.75 Å². The smallest absolute Gasteiger partial charge is 0.340 e. The topological polar surface area (TPSA) is 98.8 Å². The third-order valence-electron chi connectivity index (χ3n) is 4.76. The molecule has 0 saturated carbocycles. The van der Waals surface area contributed by atoms with Crippen LogP contribution in [0.15, 0.2) is 71.6 Å². The number of aryl methyl sites for hydroxylation is 1. The molecule has 0 fully saturated rings. The van der Waals surface area contributed by atoms with Crippen LogP contribution in [0.3, 0.4) is 0 Å². The van der Waals surface area contributed by atoms with Crippen molar-refractivity contribution >= 4 is 39.0 Å². The number of esters is 1. The van der Waals surface area contributed by atoms with Crippen molar-refractivity contribution in [1.29, 1.82) is 0 Å². The molecule has 0 heterocycles. The van der Waals surface area contributed by atoms with Crippen LogP contribution in [0.25, 0.3) is 0 Å². The molecule has 33 heavy (non-hydrogen) atoms. The molecule has 3 aromatic carbocycles. The van der Waals surface area contributed by atoms with Gasteiger partial charge in [-0.1, -0.05) is 48.0 Å². The number of nitrogens with one attached hydrogen (secondary N) is 1. The minimum Gasteiger partial charge on any atom is -0.495 e. The van der Waals surface area contributed by atoms with Gasteiger partial charge in [-0.25, -0.2) is 13.2 Å². The van der Waals surface area contributed by atoms with Gasteiger partial charge < -0.3 is 14.8 Å². The number of halogens is 1. The molecule has 3 aromatic rings. The molecule has 1 atom stereocenters. The molecule has 0 aliphatic carbocycles. The number of sulfone groups is 1. The maximum absolute atomic E-state index is 13.2. The Hall–Kier alpha value is -3.36. The summed E-state index contributed by atoms with van der Waals surface area (Å²) in [7, 11) is -2.11. The predicted octanol–water partition coefficient (Wildman–Crippen LogP) is 4.60. The summed E-state index contributed by atoms with van der Waals surface area (Å²) in [5.41, 5.74) is 1.56. The second-order valence-corrected chi connectivity index (χ2v) is 9.73. The zero-order chi connectivity index (χ0) is 24.2. The average molecular weight is 488 g/mol. The van der Waals surface area contributed by atoms with Crippen LogP contribution in [0.4, 0.5) is 5.69 Å². The van der Waals surface area contributed by atoms with Crippen LogP contribution in [0.2, 0.25) is 5.02 Å². The minimum atomic E-state index is -3.58. The molecule has 1 amide bonds. The standard InChI is InChI=1S/C24H22ClNO6S/c1-15-9-12-21(31-2)20(13-15)26-23(27)22(16-7-5-4-6-8-16)32-24(28)18-14-17(33(3,29)30)10-11-19(18)25/h4-14,22H,1-3H3,(H,26,27)/t22-/m0/s1. The average Bonchev–Trinajstić information content (AvgIpc) is 2.77. The number of hydrogen-bond donors (Lipinski definition) is 1. The number of rotatable bonds is 7. The number of methoxy groups -OCH3 is 1. The normalized spacial score (nSPS) is 12.0. The Bertz CT molecular complexity index is 1290. The molecule has 0 saturated heterocycles. The fourth-order valence-corrected chi connectivity index (χ4v) is 3.92. The molecule has 0 spiro atoms. The number of carbonyl (C=O) groups is 2. The fourth-order valence-electron chi connectivity index (χ4n) is 3.08. The lowest BCUT2D eigenvalue weighted by Crippen LogP contribution is -2.26. The predicted molar refractivity (Wildman–Crippen MR) is 126 cm³/mol. The molecule has 3 rings (SSSR count). The van der Waals surface area contributed by atoms with E-state index in [2.05, 4.69) is 5.32 Å². The second kappa shape index (κ2) is 10.1. The Morgan fingerprint density at radius 1 is 1.00 bits per heavy atom. The Balaban J connectivity index is 1.96. The van der Waals surface area contributed by atoms with Crippen molar-refractivity contribution < 1.29 is 27.5 Å². The third kappa shape index (κ3) is 5.91.